The SMILES string of the molecule is COC(=O)Nc1ccc(-c2cnc(C(CC3CC3)c3ccc(-c4cc(Cl)ccc4N(N)/C=C(\N)Cl)c[n+]3O)[nH]2)cc1. The number of rotatable bonds is 9. The molecule has 1 aliphatic rings. The molecule has 1 atom stereocenters. The zero-order valence-electron chi connectivity index (χ0n) is 22.2. The summed E-state index contributed by atoms with van der Waals surface area (Å²) in [5, 5.41) is 15.7. The van der Waals surface area contributed by atoms with Gasteiger partial charge in [-0.15, -0.1) is 0 Å². The standard InChI is InChI=1S/C29H29Cl2N7O3/c1-41-29(39)35-21-8-4-18(5-9-21)24-14-34-28(36-24)23(12-17-2-3-17)26-10-6-19(15-38(26)40)22-13-20(30)7-11-25(22)37(33)16-27(31)32/h4-11,13-17,23H,2-3,12,32-33H2,1H3,(H2-,34,35,36,39,40)/p+1/b27-16-. The predicted molar refractivity (Wildman–Crippen MR) is 158 cm³/mol. The number of amides is 1. The van der Waals surface area contributed by atoms with Crippen LogP contribution in [0.2, 0.25) is 5.02 Å². The van der Waals surface area contributed by atoms with Crippen molar-refractivity contribution < 1.29 is 19.5 Å². The second-order valence-electron chi connectivity index (χ2n) is 9.88. The summed E-state index contributed by atoms with van der Waals surface area (Å²) in [6.45, 7) is 0. The molecule has 2 heterocycles. The van der Waals surface area contributed by atoms with Gasteiger partial charge in [-0.05, 0) is 54.3 Å². The number of carbonyl (C=O) groups excluding carboxylic acids is 1. The number of methoxy groups -OCH3 is 1. The van der Waals surface area contributed by atoms with Gasteiger partial charge in [-0.25, -0.2) is 15.6 Å². The van der Waals surface area contributed by atoms with Crippen LogP contribution in [0.1, 0.15) is 36.7 Å². The molecule has 7 N–H and O–H groups in total. The lowest BCUT2D eigenvalue weighted by atomic mass is 9.95. The largest absolute Gasteiger partial charge is 0.453 e. The lowest BCUT2D eigenvalue weighted by Crippen LogP contribution is -2.37. The number of nitrogens with two attached hydrogens (primary N) is 2. The van der Waals surface area contributed by atoms with Crippen molar-refractivity contribution in [1.29, 1.82) is 0 Å². The van der Waals surface area contributed by atoms with Gasteiger partial charge in [-0.3, -0.25) is 15.5 Å². The number of nitrogens with one attached hydrogen (secondary N) is 2. The topological polar surface area (TPSA) is 146 Å². The summed E-state index contributed by atoms with van der Waals surface area (Å²) in [5.41, 5.74) is 10.6. The molecule has 2 aromatic heterocycles. The number of nitrogens with zero attached hydrogens (tertiary/aromatic N) is 3. The number of hydrazine groups is 1. The number of hydrogen-bond donors (Lipinski definition) is 5. The van der Waals surface area contributed by atoms with Crippen molar-refractivity contribution in [2.75, 3.05) is 17.4 Å². The van der Waals surface area contributed by atoms with Crippen LogP contribution in [-0.4, -0.2) is 28.4 Å². The smallest absolute Gasteiger partial charge is 0.411 e. The van der Waals surface area contributed by atoms with E-state index in [1.165, 1.54) is 18.3 Å². The van der Waals surface area contributed by atoms with Crippen molar-refractivity contribution in [2.45, 2.75) is 25.2 Å². The minimum atomic E-state index is -0.531. The highest BCUT2D eigenvalue weighted by molar-refractivity contribution is 6.31. The third-order valence-electron chi connectivity index (χ3n) is 6.95. The molecule has 0 saturated heterocycles. The van der Waals surface area contributed by atoms with Gasteiger partial charge in [0.15, 0.2) is 0 Å². The molecule has 1 amide bonds. The molecule has 4 aromatic rings. The van der Waals surface area contributed by atoms with Crippen LogP contribution >= 0.6 is 23.2 Å². The lowest BCUT2D eigenvalue weighted by Gasteiger charge is -2.18. The summed E-state index contributed by atoms with van der Waals surface area (Å²) in [6.07, 6.45) is 7.40. The van der Waals surface area contributed by atoms with Gasteiger partial charge in [-0.1, -0.05) is 48.2 Å². The molecule has 0 radical (unpaired) electrons. The fraction of sp³-hybridized carbons (Fsp3) is 0.207. The summed E-state index contributed by atoms with van der Waals surface area (Å²) in [6, 6.07) is 16.4. The third kappa shape index (κ3) is 6.74. The van der Waals surface area contributed by atoms with Crippen molar-refractivity contribution in [3.63, 3.8) is 0 Å². The van der Waals surface area contributed by atoms with E-state index in [-0.39, 0.29) is 11.1 Å². The van der Waals surface area contributed by atoms with Gasteiger partial charge in [0.05, 0.1) is 36.5 Å². The average Bonchev–Trinajstić information content (AvgIpc) is 3.64. The van der Waals surface area contributed by atoms with Gasteiger partial charge in [0.2, 0.25) is 11.9 Å². The van der Waals surface area contributed by atoms with Crippen LogP contribution in [0.25, 0.3) is 22.4 Å². The van der Waals surface area contributed by atoms with Crippen molar-refractivity contribution >= 4 is 40.7 Å². The molecule has 0 bridgehead atoms. The molecule has 0 aliphatic heterocycles. The quantitative estimate of drug-likeness (QED) is 0.0548. The molecule has 212 valence electrons. The number of benzene rings is 2. The number of imidazole rings is 1. The summed E-state index contributed by atoms with van der Waals surface area (Å²) in [7, 11) is 1.32. The molecular formula is C29H30Cl2N7O3+. The number of aromatic nitrogens is 3. The molecule has 10 nitrogen and oxygen atoms in total. The Bertz CT molecular complexity index is 1580. The van der Waals surface area contributed by atoms with Gasteiger partial charge < -0.3 is 15.5 Å². The number of carbonyl (C=O) groups is 1. The van der Waals surface area contributed by atoms with Crippen molar-refractivity contribution in [1.82, 2.24) is 9.97 Å². The van der Waals surface area contributed by atoms with E-state index in [1.54, 1.807) is 42.7 Å². The first-order valence-corrected chi connectivity index (χ1v) is 13.7. The molecule has 12 heteroatoms. The van der Waals surface area contributed by atoms with E-state index in [0.717, 1.165) is 41.1 Å². The van der Waals surface area contributed by atoms with Gasteiger partial charge in [0.25, 0.3) is 0 Å². The molecule has 0 spiro atoms. The first-order valence-electron chi connectivity index (χ1n) is 12.9. The van der Waals surface area contributed by atoms with Crippen LogP contribution in [0.5, 0.6) is 0 Å². The Balaban J connectivity index is 1.45. The van der Waals surface area contributed by atoms with Crippen LogP contribution in [0.4, 0.5) is 16.2 Å². The monoisotopic (exact) mass is 594 g/mol. The molecule has 1 unspecified atom stereocenters. The van der Waals surface area contributed by atoms with E-state index in [4.69, 9.17) is 39.8 Å². The summed E-state index contributed by atoms with van der Waals surface area (Å²) >= 11 is 12.1. The highest BCUT2D eigenvalue weighted by Crippen LogP contribution is 2.41. The molecule has 2 aromatic carbocycles. The van der Waals surface area contributed by atoms with Gasteiger partial charge in [-0.2, -0.15) is 0 Å². The second kappa shape index (κ2) is 12.1. The van der Waals surface area contributed by atoms with E-state index < -0.39 is 6.09 Å². The van der Waals surface area contributed by atoms with E-state index in [0.29, 0.717) is 39.1 Å². The predicted octanol–water partition coefficient (Wildman–Crippen LogP) is 5.71. The van der Waals surface area contributed by atoms with Gasteiger partial charge in [0, 0.05) is 27.1 Å². The van der Waals surface area contributed by atoms with Crippen molar-refractivity contribution in [3.05, 3.63) is 94.9 Å². The van der Waals surface area contributed by atoms with Crippen LogP contribution in [-0.2, 0) is 4.74 Å². The normalized spacial score (nSPS) is 14.0. The Kier molecular flexibility index (Phi) is 8.34. The number of pyridine rings is 1. The molecular weight excluding hydrogens is 565 g/mol. The third-order valence-corrected chi connectivity index (χ3v) is 7.28. The number of H-pyrrole nitrogens is 1. The molecule has 1 aliphatic carbocycles. The number of halogens is 2. The van der Waals surface area contributed by atoms with E-state index in [1.807, 2.05) is 24.3 Å². The summed E-state index contributed by atoms with van der Waals surface area (Å²) < 4.78 is 5.77. The fourth-order valence-corrected chi connectivity index (χ4v) is 5.00. The summed E-state index contributed by atoms with van der Waals surface area (Å²) in [5.74, 6) is 7.31. The average molecular weight is 596 g/mol. The first kappa shape index (κ1) is 28.3. The Morgan fingerprint density at radius 3 is 2.63 bits per heavy atom. The van der Waals surface area contributed by atoms with Gasteiger partial charge in [0.1, 0.15) is 16.9 Å². The Labute approximate surface area is 247 Å². The number of anilines is 2. The maximum absolute atomic E-state index is 11.5. The maximum Gasteiger partial charge on any atom is 0.411 e. The number of ether oxygens (including phenoxy) is 1. The Hall–Kier alpha value is -4.25. The van der Waals surface area contributed by atoms with Crippen LogP contribution < -0.4 is 26.6 Å². The highest BCUT2D eigenvalue weighted by atomic mass is 35.5. The van der Waals surface area contributed by atoms with Crippen molar-refractivity contribution in [2.24, 2.45) is 17.5 Å². The molecule has 1 saturated carbocycles. The minimum absolute atomic E-state index is 0.0236. The fourth-order valence-electron chi connectivity index (χ4n) is 4.72. The zero-order chi connectivity index (χ0) is 29.1. The Morgan fingerprint density at radius 2 is 1.98 bits per heavy atom. The number of aromatic amines is 1. The Morgan fingerprint density at radius 1 is 1.24 bits per heavy atom. The second-order valence-corrected chi connectivity index (χ2v) is 10.8. The van der Waals surface area contributed by atoms with Crippen LogP contribution in [0.3, 0.4) is 0 Å². The minimum Gasteiger partial charge on any atom is -0.453 e. The van der Waals surface area contributed by atoms with E-state index in [2.05, 4.69) is 15.0 Å². The number of hydrogen-bond acceptors (Lipinski definition) is 7. The molecule has 1 fully saturated rings. The van der Waals surface area contributed by atoms with Crippen molar-refractivity contribution in [3.8, 4) is 22.4 Å². The van der Waals surface area contributed by atoms with Crippen LogP contribution in [0, 0.1) is 5.92 Å². The first-order chi connectivity index (χ1) is 19.7. The van der Waals surface area contributed by atoms with Gasteiger partial charge >= 0.3 is 6.09 Å². The van der Waals surface area contributed by atoms with E-state index >= 15 is 0 Å². The van der Waals surface area contributed by atoms with Crippen LogP contribution in [0.15, 0.2) is 78.3 Å². The maximum atomic E-state index is 11.5. The summed E-state index contributed by atoms with van der Waals surface area (Å²) in [4.78, 5) is 19.6. The van der Waals surface area contributed by atoms with E-state index in [9.17, 15) is 10.0 Å². The zero-order valence-corrected chi connectivity index (χ0v) is 23.7. The molecule has 41 heavy (non-hydrogen) atoms. The lowest BCUT2D eigenvalue weighted by molar-refractivity contribution is -0.909. The highest BCUT2D eigenvalue weighted by Gasteiger charge is 2.34. The molecule has 5 rings (SSSR count).